The van der Waals surface area contributed by atoms with E-state index in [9.17, 15) is 0 Å². The highest BCUT2D eigenvalue weighted by atomic mass is 32.2. The van der Waals surface area contributed by atoms with E-state index in [0.717, 1.165) is 17.1 Å². The average molecular weight is 329 g/mol. The van der Waals surface area contributed by atoms with Gasteiger partial charge in [0.15, 0.2) is 5.11 Å². The van der Waals surface area contributed by atoms with Gasteiger partial charge in [-0.25, -0.2) is 0 Å². The van der Waals surface area contributed by atoms with Crippen LogP contribution in [0, 0.1) is 5.41 Å². The fraction of sp³-hybridized carbons (Fsp3) is 0.176. The van der Waals surface area contributed by atoms with E-state index in [1.54, 1.807) is 4.90 Å². The van der Waals surface area contributed by atoms with Gasteiger partial charge in [0.2, 0.25) is 0 Å². The molecule has 0 aromatic heterocycles. The minimum atomic E-state index is 0.245. The zero-order valence-electron chi connectivity index (χ0n) is 12.2. The Labute approximate surface area is 141 Å². The summed E-state index contributed by atoms with van der Waals surface area (Å²) in [5, 5.41) is 8.51. The van der Waals surface area contributed by atoms with Gasteiger partial charge in [-0.05, 0) is 17.8 Å². The van der Waals surface area contributed by atoms with Crippen LogP contribution in [0.15, 0.2) is 60.7 Å². The lowest BCUT2D eigenvalue weighted by Gasteiger charge is -2.23. The standard InChI is InChI=1S/C17H19N3S2/c18-16(15-9-5-2-6-10-15)20(17(19)21)11-12-22-13-14-7-3-1-4-8-14/h1-10,18H,11-13H2,(H2,19,21). The first-order valence-corrected chi connectivity index (χ1v) is 8.57. The number of nitrogens with zero attached hydrogens (tertiary/aromatic N) is 1. The van der Waals surface area contributed by atoms with Crippen LogP contribution in [0.3, 0.4) is 0 Å². The summed E-state index contributed by atoms with van der Waals surface area (Å²) in [6, 6.07) is 19.9. The molecule has 0 saturated carbocycles. The predicted molar refractivity (Wildman–Crippen MR) is 99.4 cm³/mol. The van der Waals surface area contributed by atoms with Crippen LogP contribution >= 0.6 is 24.0 Å². The second-order valence-electron chi connectivity index (χ2n) is 4.74. The van der Waals surface area contributed by atoms with Crippen molar-refractivity contribution in [3.05, 3.63) is 71.8 Å². The monoisotopic (exact) mass is 329 g/mol. The maximum atomic E-state index is 8.27. The van der Waals surface area contributed by atoms with Gasteiger partial charge in [-0.1, -0.05) is 60.7 Å². The summed E-state index contributed by atoms with van der Waals surface area (Å²) >= 11 is 6.90. The van der Waals surface area contributed by atoms with Crippen LogP contribution < -0.4 is 5.73 Å². The Morgan fingerprint density at radius 1 is 1.05 bits per heavy atom. The van der Waals surface area contributed by atoms with Gasteiger partial charge < -0.3 is 10.6 Å². The number of amidine groups is 1. The lowest BCUT2D eigenvalue weighted by Crippen LogP contribution is -2.41. The number of hydrogen-bond acceptors (Lipinski definition) is 3. The molecule has 0 aliphatic heterocycles. The molecule has 0 spiro atoms. The first kappa shape index (κ1) is 16.5. The van der Waals surface area contributed by atoms with Crippen molar-refractivity contribution in [2.45, 2.75) is 5.75 Å². The first-order valence-electron chi connectivity index (χ1n) is 7.01. The summed E-state index contributed by atoms with van der Waals surface area (Å²) in [5.74, 6) is 2.17. The molecular weight excluding hydrogens is 310 g/mol. The highest BCUT2D eigenvalue weighted by Gasteiger charge is 2.13. The van der Waals surface area contributed by atoms with Gasteiger partial charge in [0.05, 0.1) is 0 Å². The van der Waals surface area contributed by atoms with Crippen molar-refractivity contribution in [3.8, 4) is 0 Å². The Hall–Kier alpha value is -1.85. The Morgan fingerprint density at radius 3 is 2.23 bits per heavy atom. The summed E-state index contributed by atoms with van der Waals surface area (Å²) in [4.78, 5) is 1.68. The van der Waals surface area contributed by atoms with Crippen LogP contribution in [-0.2, 0) is 5.75 Å². The molecule has 0 fully saturated rings. The number of benzene rings is 2. The van der Waals surface area contributed by atoms with E-state index in [-0.39, 0.29) is 5.11 Å². The third-order valence-electron chi connectivity index (χ3n) is 3.15. The molecule has 0 heterocycles. The quantitative estimate of drug-likeness (QED) is 0.369. The van der Waals surface area contributed by atoms with Crippen LogP contribution in [-0.4, -0.2) is 28.1 Å². The molecule has 114 valence electrons. The maximum absolute atomic E-state index is 8.27. The molecule has 0 saturated heterocycles. The van der Waals surface area contributed by atoms with Crippen molar-refractivity contribution in [2.75, 3.05) is 12.3 Å². The van der Waals surface area contributed by atoms with Crippen molar-refractivity contribution < 1.29 is 0 Å². The number of thiocarbonyl (C=S) groups is 1. The molecule has 0 unspecified atom stereocenters. The summed E-state index contributed by atoms with van der Waals surface area (Å²) in [7, 11) is 0. The topological polar surface area (TPSA) is 53.1 Å². The molecule has 0 aliphatic carbocycles. The van der Waals surface area contributed by atoms with Gasteiger partial charge in [-0.15, -0.1) is 0 Å². The van der Waals surface area contributed by atoms with Gasteiger partial charge in [0.25, 0.3) is 0 Å². The molecule has 3 N–H and O–H groups in total. The van der Waals surface area contributed by atoms with Gasteiger partial charge in [0, 0.05) is 23.6 Å². The van der Waals surface area contributed by atoms with Gasteiger partial charge >= 0.3 is 0 Å². The van der Waals surface area contributed by atoms with Crippen LogP contribution in [0.5, 0.6) is 0 Å². The molecular formula is C17H19N3S2. The van der Waals surface area contributed by atoms with E-state index in [0.29, 0.717) is 12.4 Å². The van der Waals surface area contributed by atoms with E-state index in [2.05, 4.69) is 12.1 Å². The van der Waals surface area contributed by atoms with Crippen LogP contribution in [0.25, 0.3) is 0 Å². The Bertz CT molecular complexity index is 614. The third kappa shape index (κ3) is 4.86. The average Bonchev–Trinajstić information content (AvgIpc) is 2.56. The highest BCUT2D eigenvalue weighted by Crippen LogP contribution is 2.13. The smallest absolute Gasteiger partial charge is 0.172 e. The molecule has 0 bridgehead atoms. The molecule has 2 rings (SSSR count). The van der Waals surface area contributed by atoms with Crippen molar-refractivity contribution in [1.82, 2.24) is 4.90 Å². The number of hydrogen-bond donors (Lipinski definition) is 2. The number of nitrogens with two attached hydrogens (primary N) is 1. The Kier molecular flexibility index (Phi) is 6.43. The lowest BCUT2D eigenvalue weighted by atomic mass is 10.2. The predicted octanol–water partition coefficient (Wildman–Crippen LogP) is 3.49. The summed E-state index contributed by atoms with van der Waals surface area (Å²) < 4.78 is 0. The maximum Gasteiger partial charge on any atom is 0.172 e. The van der Waals surface area contributed by atoms with E-state index < -0.39 is 0 Å². The normalized spacial score (nSPS) is 10.2. The van der Waals surface area contributed by atoms with Crippen LogP contribution in [0.4, 0.5) is 0 Å². The van der Waals surface area contributed by atoms with Gasteiger partial charge in [0.1, 0.15) is 5.84 Å². The second kappa shape index (κ2) is 8.56. The van der Waals surface area contributed by atoms with E-state index >= 15 is 0 Å². The molecule has 22 heavy (non-hydrogen) atoms. The third-order valence-corrected chi connectivity index (χ3v) is 4.38. The summed E-state index contributed by atoms with van der Waals surface area (Å²) in [6.45, 7) is 0.639. The summed E-state index contributed by atoms with van der Waals surface area (Å²) in [6.07, 6.45) is 0. The fourth-order valence-electron chi connectivity index (χ4n) is 2.00. The van der Waals surface area contributed by atoms with Crippen LogP contribution in [0.2, 0.25) is 0 Å². The highest BCUT2D eigenvalue weighted by molar-refractivity contribution is 7.98. The Balaban J connectivity index is 1.87. The largest absolute Gasteiger partial charge is 0.376 e. The molecule has 0 aliphatic rings. The molecule has 0 atom stereocenters. The minimum absolute atomic E-state index is 0.245. The number of rotatable bonds is 6. The fourth-order valence-corrected chi connectivity index (χ4v) is 3.07. The zero-order valence-corrected chi connectivity index (χ0v) is 13.9. The van der Waals surface area contributed by atoms with Crippen molar-refractivity contribution >= 4 is 34.9 Å². The molecule has 2 aromatic carbocycles. The molecule has 0 radical (unpaired) electrons. The molecule has 5 heteroatoms. The summed E-state index contributed by atoms with van der Waals surface area (Å²) in [5.41, 5.74) is 7.90. The van der Waals surface area contributed by atoms with E-state index in [4.69, 9.17) is 23.4 Å². The number of thioether (sulfide) groups is 1. The molecule has 0 amide bonds. The first-order chi connectivity index (χ1) is 10.7. The van der Waals surface area contributed by atoms with Crippen molar-refractivity contribution in [2.24, 2.45) is 5.73 Å². The second-order valence-corrected chi connectivity index (χ2v) is 6.27. The van der Waals surface area contributed by atoms with Gasteiger partial charge in [-0.3, -0.25) is 5.41 Å². The lowest BCUT2D eigenvalue weighted by molar-refractivity contribution is 0.650. The van der Waals surface area contributed by atoms with Gasteiger partial charge in [-0.2, -0.15) is 11.8 Å². The van der Waals surface area contributed by atoms with Crippen molar-refractivity contribution in [1.29, 1.82) is 5.41 Å². The SMILES string of the molecule is N=C(c1ccccc1)N(CCSCc1ccccc1)C(N)=S. The minimum Gasteiger partial charge on any atom is -0.376 e. The zero-order chi connectivity index (χ0) is 15.8. The molecule has 3 nitrogen and oxygen atoms in total. The van der Waals surface area contributed by atoms with E-state index in [1.807, 2.05) is 60.3 Å². The van der Waals surface area contributed by atoms with E-state index in [1.165, 1.54) is 5.56 Å². The number of nitrogens with one attached hydrogen (secondary N) is 1. The molecule has 2 aromatic rings. The van der Waals surface area contributed by atoms with Crippen LogP contribution in [0.1, 0.15) is 11.1 Å². The Morgan fingerprint density at radius 2 is 1.64 bits per heavy atom. The van der Waals surface area contributed by atoms with Crippen molar-refractivity contribution in [3.63, 3.8) is 0 Å².